The molecule has 9 heteroatoms. The van der Waals surface area contributed by atoms with Crippen molar-refractivity contribution in [3.8, 4) is 0 Å². The van der Waals surface area contributed by atoms with Crippen LogP contribution in [0.25, 0.3) is 10.8 Å². The Balaban J connectivity index is 0.000000380. The molecule has 0 fully saturated rings. The second kappa shape index (κ2) is 11.1. The highest BCUT2D eigenvalue weighted by molar-refractivity contribution is 7.98. The van der Waals surface area contributed by atoms with Gasteiger partial charge in [-0.05, 0) is 29.2 Å². The lowest BCUT2D eigenvalue weighted by Crippen LogP contribution is -1.72. The van der Waals surface area contributed by atoms with Crippen LogP contribution in [0.1, 0.15) is 0 Å². The highest BCUT2D eigenvalue weighted by Gasteiger charge is 1.92. The minimum absolute atomic E-state index is 1.32. The smallest absolute Gasteiger partial charge is 0.314 e. The summed E-state index contributed by atoms with van der Waals surface area (Å²) in [5.74, 6) is 0. The van der Waals surface area contributed by atoms with Crippen molar-refractivity contribution in [1.82, 2.24) is 0 Å². The van der Waals surface area contributed by atoms with Crippen LogP contribution in [0.5, 0.6) is 0 Å². The summed E-state index contributed by atoms with van der Waals surface area (Å²) >= 11 is 1.78. The molecule has 2 rings (SSSR count). The van der Waals surface area contributed by atoms with Crippen LogP contribution in [0, 0.1) is 0 Å². The molecule has 0 unspecified atom stereocenters. The topological polar surface area (TPSA) is 115 Å². The van der Waals surface area contributed by atoms with E-state index in [9.17, 15) is 0 Å². The number of hydrogen-bond acceptors (Lipinski definition) is 3. The molecule has 0 saturated carbocycles. The Morgan fingerprint density at radius 3 is 1.75 bits per heavy atom. The molecule has 6 nitrogen and oxygen atoms in total. The average molecular weight is 338 g/mol. The molecular weight excluding hydrogens is 322 g/mol. The maximum absolute atomic E-state index is 8.74. The lowest BCUT2D eigenvalue weighted by atomic mass is 10.1. The quantitative estimate of drug-likeness (QED) is 0.466. The maximum atomic E-state index is 8.74. The van der Waals surface area contributed by atoms with Gasteiger partial charge in [-0.1, -0.05) is 30.3 Å². The Kier molecular flexibility index (Phi) is 10.7. The summed E-state index contributed by atoms with van der Waals surface area (Å²) in [4.78, 5) is 30.0. The van der Waals surface area contributed by atoms with Gasteiger partial charge in [-0.3, -0.25) is 9.13 Å². The summed E-state index contributed by atoms with van der Waals surface area (Å²) in [5.41, 5.74) is 0. The third-order valence-corrected chi connectivity index (χ3v) is 2.68. The van der Waals surface area contributed by atoms with E-state index in [4.69, 9.17) is 28.7 Å². The number of fused-ring (bicyclic) bond motifs is 1. The van der Waals surface area contributed by atoms with E-state index in [1.165, 1.54) is 15.7 Å². The van der Waals surface area contributed by atoms with Crippen LogP contribution in [0.4, 0.5) is 0 Å². The van der Waals surface area contributed by atoms with E-state index in [0.717, 1.165) is 0 Å². The fraction of sp³-hybridized carbons (Fsp3) is 0.0909. The molecule has 2 aromatic carbocycles. The van der Waals surface area contributed by atoms with Crippen LogP contribution < -0.4 is 0 Å². The van der Waals surface area contributed by atoms with Gasteiger partial charge in [0.25, 0.3) is 0 Å². The Bertz CT molecular complexity index is 558. The number of benzene rings is 2. The Labute approximate surface area is 122 Å². The molecule has 112 valence electrons. The predicted octanol–water partition coefficient (Wildman–Crippen LogP) is 2.28. The zero-order valence-corrected chi connectivity index (χ0v) is 13.4. The van der Waals surface area contributed by atoms with Crippen molar-refractivity contribution < 1.29 is 28.7 Å². The van der Waals surface area contributed by atoms with Gasteiger partial charge < -0.3 is 19.6 Å². The van der Waals surface area contributed by atoms with Gasteiger partial charge in [0, 0.05) is 4.90 Å². The van der Waals surface area contributed by atoms with Crippen molar-refractivity contribution in [3.05, 3.63) is 42.5 Å². The first-order valence-corrected chi connectivity index (χ1v) is 9.06. The monoisotopic (exact) mass is 338 g/mol. The second-order valence-electron chi connectivity index (χ2n) is 3.28. The lowest BCUT2D eigenvalue weighted by Gasteiger charge is -1.99. The number of hydrogen-bond donors (Lipinski definition) is 4. The minimum Gasteiger partial charge on any atom is -0.326 e. The van der Waals surface area contributed by atoms with E-state index in [0.29, 0.717) is 0 Å². The van der Waals surface area contributed by atoms with Crippen LogP contribution in [0.3, 0.4) is 0 Å². The van der Waals surface area contributed by atoms with Crippen LogP contribution >= 0.6 is 28.3 Å². The van der Waals surface area contributed by atoms with Crippen LogP contribution in [-0.2, 0) is 9.13 Å². The standard InChI is InChI=1S/C11H10S.2H3O3P/c1-12-11-7-6-9-4-2-3-5-10(9)8-11;2*1-4(2)3/h2-8H,1H3;2*4H,(H2,1,2,3). The van der Waals surface area contributed by atoms with Gasteiger partial charge in [-0.2, -0.15) is 0 Å². The van der Waals surface area contributed by atoms with Gasteiger partial charge in [0.15, 0.2) is 0 Å². The normalized spacial score (nSPS) is 9.75. The van der Waals surface area contributed by atoms with Crippen LogP contribution in [-0.4, -0.2) is 25.8 Å². The molecule has 2 aromatic rings. The lowest BCUT2D eigenvalue weighted by molar-refractivity contribution is 0.403. The first-order valence-electron chi connectivity index (χ1n) is 5.23. The van der Waals surface area contributed by atoms with Gasteiger partial charge in [0.2, 0.25) is 0 Å². The Morgan fingerprint density at radius 2 is 1.30 bits per heavy atom. The molecular formula is C11H16O6P2S. The van der Waals surface area contributed by atoms with Gasteiger partial charge >= 0.3 is 16.5 Å². The molecule has 0 spiro atoms. The van der Waals surface area contributed by atoms with E-state index in [-0.39, 0.29) is 0 Å². The summed E-state index contributed by atoms with van der Waals surface area (Å²) in [5, 5.41) is 2.64. The molecule has 0 heterocycles. The molecule has 20 heavy (non-hydrogen) atoms. The van der Waals surface area contributed by atoms with Gasteiger partial charge in [-0.15, -0.1) is 11.8 Å². The summed E-state index contributed by atoms with van der Waals surface area (Å²) in [6, 6.07) is 15.0. The summed E-state index contributed by atoms with van der Waals surface area (Å²) in [6.45, 7) is 0. The minimum atomic E-state index is -3.13. The summed E-state index contributed by atoms with van der Waals surface area (Å²) < 4.78 is 17.5. The third-order valence-electron chi connectivity index (χ3n) is 1.96. The molecule has 0 bridgehead atoms. The maximum Gasteiger partial charge on any atom is 0.314 e. The SMILES string of the molecule is CSc1ccc2ccccc2c1.O=[PH](O)O.O=[PH](O)O. The molecule has 0 saturated heterocycles. The number of rotatable bonds is 1. The zero-order chi connectivity index (χ0) is 15.5. The molecule has 0 atom stereocenters. The zero-order valence-electron chi connectivity index (χ0n) is 10.6. The van der Waals surface area contributed by atoms with Gasteiger partial charge in [0.1, 0.15) is 0 Å². The molecule has 0 radical (unpaired) electrons. The van der Waals surface area contributed by atoms with Crippen molar-refractivity contribution >= 4 is 39.0 Å². The van der Waals surface area contributed by atoms with Crippen molar-refractivity contribution in [3.63, 3.8) is 0 Å². The third kappa shape index (κ3) is 10.2. The van der Waals surface area contributed by atoms with E-state index in [1.807, 2.05) is 0 Å². The van der Waals surface area contributed by atoms with Gasteiger partial charge in [-0.25, -0.2) is 0 Å². The molecule has 0 aromatic heterocycles. The first kappa shape index (κ1) is 19.4. The van der Waals surface area contributed by atoms with Crippen molar-refractivity contribution in [2.45, 2.75) is 4.90 Å². The highest BCUT2D eigenvalue weighted by Crippen LogP contribution is 2.21. The molecule has 4 N–H and O–H groups in total. The highest BCUT2D eigenvalue weighted by atomic mass is 32.2. The van der Waals surface area contributed by atoms with Gasteiger partial charge in [0.05, 0.1) is 0 Å². The van der Waals surface area contributed by atoms with E-state index < -0.39 is 16.5 Å². The molecule has 0 amide bonds. The second-order valence-corrected chi connectivity index (χ2v) is 5.29. The van der Waals surface area contributed by atoms with Crippen LogP contribution in [0.15, 0.2) is 47.4 Å². The fourth-order valence-corrected chi connectivity index (χ4v) is 1.74. The first-order chi connectivity index (χ1) is 9.36. The number of thioether (sulfide) groups is 1. The van der Waals surface area contributed by atoms with Crippen molar-refractivity contribution in [2.75, 3.05) is 6.26 Å². The van der Waals surface area contributed by atoms with Crippen LogP contribution in [0.2, 0.25) is 0 Å². The molecule has 0 aliphatic rings. The largest absolute Gasteiger partial charge is 0.326 e. The average Bonchev–Trinajstić information content (AvgIpc) is 2.37. The van der Waals surface area contributed by atoms with Crippen molar-refractivity contribution in [1.29, 1.82) is 0 Å². The molecule has 0 aliphatic heterocycles. The van der Waals surface area contributed by atoms with E-state index in [2.05, 4.69) is 48.7 Å². The Hall–Kier alpha value is -0.650. The fourth-order valence-electron chi connectivity index (χ4n) is 1.29. The van der Waals surface area contributed by atoms with Crippen molar-refractivity contribution in [2.24, 2.45) is 0 Å². The summed E-state index contributed by atoms with van der Waals surface area (Å²) in [6.07, 6.45) is 2.10. The Morgan fingerprint density at radius 1 is 0.850 bits per heavy atom. The van der Waals surface area contributed by atoms with E-state index >= 15 is 0 Å². The predicted molar refractivity (Wildman–Crippen MR) is 82.6 cm³/mol. The molecule has 0 aliphatic carbocycles. The summed E-state index contributed by atoms with van der Waals surface area (Å²) in [7, 11) is -6.26. The van der Waals surface area contributed by atoms with E-state index in [1.54, 1.807) is 11.8 Å².